The summed E-state index contributed by atoms with van der Waals surface area (Å²) in [5.41, 5.74) is 0. The number of hydrogen-bond donors (Lipinski definition) is 1. The lowest BCUT2D eigenvalue weighted by molar-refractivity contribution is -0.153. The first kappa shape index (κ1) is 13.4. The van der Waals surface area contributed by atoms with Crippen LogP contribution in [0.4, 0.5) is 0 Å². The molecule has 0 aliphatic carbocycles. The molecule has 1 unspecified atom stereocenters. The molecular weight excluding hydrogens is 180 g/mol. The lowest BCUT2D eigenvalue weighted by atomic mass is 10.1. The second kappa shape index (κ2) is 7.80. The van der Waals surface area contributed by atoms with E-state index in [1.54, 1.807) is 0 Å². The fourth-order valence-corrected chi connectivity index (χ4v) is 0.911. The van der Waals surface area contributed by atoms with Gasteiger partial charge >= 0.3 is 5.97 Å². The molecule has 0 aliphatic rings. The summed E-state index contributed by atoms with van der Waals surface area (Å²) < 4.78 is 4.87. The van der Waals surface area contributed by atoms with Crippen LogP contribution in [0.5, 0.6) is 0 Å². The van der Waals surface area contributed by atoms with Crippen LogP contribution >= 0.6 is 0 Å². The van der Waals surface area contributed by atoms with E-state index in [0.717, 1.165) is 12.8 Å². The maximum Gasteiger partial charge on any atom is 0.334 e. The van der Waals surface area contributed by atoms with Gasteiger partial charge in [0, 0.05) is 0 Å². The number of carbonyl (C=O) groups excluding carboxylic acids is 1. The Kier molecular flexibility index (Phi) is 7.48. The molecule has 1 N–H and O–H groups in total. The van der Waals surface area contributed by atoms with Crippen molar-refractivity contribution in [2.75, 3.05) is 6.61 Å². The Labute approximate surface area is 86.5 Å². The third-order valence-corrected chi connectivity index (χ3v) is 1.85. The van der Waals surface area contributed by atoms with Gasteiger partial charge < -0.3 is 9.84 Å². The number of aliphatic hydroxyl groups excluding tert-OH is 1. The minimum absolute atomic E-state index is 0.378. The highest BCUT2D eigenvalue weighted by Gasteiger charge is 2.16. The van der Waals surface area contributed by atoms with Gasteiger partial charge in [0.15, 0.2) is 6.10 Å². The zero-order chi connectivity index (χ0) is 11.0. The molecule has 0 fully saturated rings. The second-order valence-corrected chi connectivity index (χ2v) is 3.75. The Bertz CT molecular complexity index is 155. The van der Waals surface area contributed by atoms with E-state index in [4.69, 9.17) is 4.74 Å². The standard InChI is InChI=1S/C11H21O3/c1-4-5-8-14-11(13)10(12)7-6-9(2)3/h6,9-10,12H,4-5,7-8H2,1-3H3. The predicted octanol–water partition coefficient (Wildman–Crippen LogP) is 1.94. The smallest absolute Gasteiger partial charge is 0.334 e. The molecule has 0 aromatic heterocycles. The van der Waals surface area contributed by atoms with Crippen LogP contribution in [0.1, 0.15) is 40.0 Å². The van der Waals surface area contributed by atoms with Crippen LogP contribution in [0, 0.1) is 12.3 Å². The molecule has 0 rings (SSSR count). The van der Waals surface area contributed by atoms with Gasteiger partial charge in [0.05, 0.1) is 6.61 Å². The molecule has 1 atom stereocenters. The van der Waals surface area contributed by atoms with E-state index in [1.165, 1.54) is 0 Å². The van der Waals surface area contributed by atoms with E-state index in [2.05, 4.69) is 0 Å². The maximum atomic E-state index is 11.1. The zero-order valence-corrected chi connectivity index (χ0v) is 9.32. The number of rotatable bonds is 7. The summed E-state index contributed by atoms with van der Waals surface area (Å²) in [5, 5.41) is 9.36. The average molecular weight is 201 g/mol. The van der Waals surface area contributed by atoms with Gasteiger partial charge in [-0.25, -0.2) is 4.79 Å². The molecule has 0 saturated heterocycles. The van der Waals surface area contributed by atoms with Crippen LogP contribution in [0.15, 0.2) is 0 Å². The molecule has 14 heavy (non-hydrogen) atoms. The molecule has 0 bridgehead atoms. The normalized spacial score (nSPS) is 12.9. The SMILES string of the molecule is CCCCOC(=O)C(O)C[CH]C(C)C. The van der Waals surface area contributed by atoms with Crippen molar-refractivity contribution < 1.29 is 14.6 Å². The lowest BCUT2D eigenvalue weighted by Gasteiger charge is -2.11. The number of ether oxygens (including phenoxy) is 1. The Morgan fingerprint density at radius 1 is 1.50 bits per heavy atom. The Morgan fingerprint density at radius 2 is 2.14 bits per heavy atom. The third kappa shape index (κ3) is 6.89. The van der Waals surface area contributed by atoms with E-state index in [-0.39, 0.29) is 0 Å². The highest BCUT2D eigenvalue weighted by Crippen LogP contribution is 2.06. The monoisotopic (exact) mass is 201 g/mol. The highest BCUT2D eigenvalue weighted by atomic mass is 16.5. The largest absolute Gasteiger partial charge is 0.464 e. The molecule has 83 valence electrons. The number of aliphatic hydroxyl groups is 1. The van der Waals surface area contributed by atoms with Gasteiger partial charge in [0.1, 0.15) is 0 Å². The first-order chi connectivity index (χ1) is 6.57. The first-order valence-electron chi connectivity index (χ1n) is 5.26. The average Bonchev–Trinajstić information content (AvgIpc) is 2.14. The van der Waals surface area contributed by atoms with Crippen molar-refractivity contribution in [3.63, 3.8) is 0 Å². The lowest BCUT2D eigenvalue weighted by Crippen LogP contribution is -2.24. The van der Waals surface area contributed by atoms with Crippen LogP contribution in [0.2, 0.25) is 0 Å². The zero-order valence-electron chi connectivity index (χ0n) is 9.32. The van der Waals surface area contributed by atoms with Gasteiger partial charge in [-0.1, -0.05) is 27.2 Å². The van der Waals surface area contributed by atoms with Gasteiger partial charge in [0.2, 0.25) is 0 Å². The Morgan fingerprint density at radius 3 is 2.64 bits per heavy atom. The van der Waals surface area contributed by atoms with Crippen molar-refractivity contribution in [2.24, 2.45) is 5.92 Å². The van der Waals surface area contributed by atoms with Gasteiger partial charge in [0.25, 0.3) is 0 Å². The predicted molar refractivity (Wildman–Crippen MR) is 55.6 cm³/mol. The van der Waals surface area contributed by atoms with Crippen LogP contribution in [-0.4, -0.2) is 23.8 Å². The molecule has 0 aromatic carbocycles. The van der Waals surface area contributed by atoms with Crippen molar-refractivity contribution in [2.45, 2.75) is 46.1 Å². The molecule has 0 aromatic rings. The van der Waals surface area contributed by atoms with Crippen molar-refractivity contribution in [3.8, 4) is 0 Å². The summed E-state index contributed by atoms with van der Waals surface area (Å²) >= 11 is 0. The maximum absolute atomic E-state index is 11.1. The molecule has 0 amide bonds. The summed E-state index contributed by atoms with van der Waals surface area (Å²) in [5.74, 6) is -0.122. The van der Waals surface area contributed by atoms with E-state index in [0.29, 0.717) is 18.9 Å². The minimum Gasteiger partial charge on any atom is -0.464 e. The summed E-state index contributed by atoms with van der Waals surface area (Å²) in [6.45, 7) is 6.45. The van der Waals surface area contributed by atoms with Crippen LogP contribution in [0.25, 0.3) is 0 Å². The van der Waals surface area contributed by atoms with E-state index < -0.39 is 12.1 Å². The van der Waals surface area contributed by atoms with Crippen LogP contribution in [0.3, 0.4) is 0 Å². The van der Waals surface area contributed by atoms with Gasteiger partial charge in [-0.2, -0.15) is 0 Å². The molecular formula is C11H21O3. The van der Waals surface area contributed by atoms with Crippen LogP contribution in [-0.2, 0) is 9.53 Å². The second-order valence-electron chi connectivity index (χ2n) is 3.75. The quantitative estimate of drug-likeness (QED) is 0.506. The number of carbonyl (C=O) groups is 1. The van der Waals surface area contributed by atoms with E-state index in [1.807, 2.05) is 27.2 Å². The molecule has 0 spiro atoms. The van der Waals surface area contributed by atoms with Gasteiger partial charge in [-0.3, -0.25) is 0 Å². The summed E-state index contributed by atoms with van der Waals surface area (Å²) in [4.78, 5) is 11.1. The number of unbranched alkanes of at least 4 members (excludes halogenated alkanes) is 1. The Hall–Kier alpha value is -0.570. The molecule has 0 aliphatic heterocycles. The van der Waals surface area contributed by atoms with Gasteiger partial charge in [-0.05, 0) is 25.2 Å². The summed E-state index contributed by atoms with van der Waals surface area (Å²) in [6, 6.07) is 0. The number of esters is 1. The first-order valence-corrected chi connectivity index (χ1v) is 5.26. The van der Waals surface area contributed by atoms with Crippen LogP contribution < -0.4 is 0 Å². The topological polar surface area (TPSA) is 46.5 Å². The van der Waals surface area contributed by atoms with Crippen molar-refractivity contribution >= 4 is 5.97 Å². The minimum atomic E-state index is -0.991. The highest BCUT2D eigenvalue weighted by molar-refractivity contribution is 5.74. The summed E-state index contributed by atoms with van der Waals surface area (Å²) in [7, 11) is 0. The molecule has 3 heteroatoms. The van der Waals surface area contributed by atoms with E-state index in [9.17, 15) is 9.90 Å². The van der Waals surface area contributed by atoms with E-state index >= 15 is 0 Å². The number of hydrogen-bond acceptors (Lipinski definition) is 3. The van der Waals surface area contributed by atoms with Crippen molar-refractivity contribution in [1.82, 2.24) is 0 Å². The Balaban J connectivity index is 3.54. The third-order valence-electron chi connectivity index (χ3n) is 1.85. The molecule has 0 heterocycles. The fourth-order valence-electron chi connectivity index (χ4n) is 0.911. The molecule has 1 radical (unpaired) electrons. The molecule has 0 saturated carbocycles. The fraction of sp³-hybridized carbons (Fsp3) is 0.818. The van der Waals surface area contributed by atoms with Crippen molar-refractivity contribution in [3.05, 3.63) is 6.42 Å². The van der Waals surface area contributed by atoms with Gasteiger partial charge in [-0.15, -0.1) is 0 Å². The van der Waals surface area contributed by atoms with Crippen molar-refractivity contribution in [1.29, 1.82) is 0 Å². The summed E-state index contributed by atoms with van der Waals surface area (Å²) in [6.07, 6.45) is 3.14. The molecule has 3 nitrogen and oxygen atoms in total.